The van der Waals surface area contributed by atoms with Crippen molar-refractivity contribution < 1.29 is 14.6 Å². The lowest BCUT2D eigenvalue weighted by Gasteiger charge is -2.16. The lowest BCUT2D eigenvalue weighted by Crippen LogP contribution is -2.33. The molecular formula is C15H21NO3. The number of aliphatic hydroxyl groups is 1. The van der Waals surface area contributed by atoms with E-state index in [1.165, 1.54) is 5.56 Å². The smallest absolute Gasteiger partial charge is 0.260 e. The zero-order chi connectivity index (χ0) is 13.8. The number of aliphatic hydroxyl groups excluding tert-OH is 1. The normalized spacial score (nSPS) is 18.9. The predicted octanol–water partition coefficient (Wildman–Crippen LogP) is 1.78. The van der Waals surface area contributed by atoms with Crippen LogP contribution in [-0.4, -0.2) is 41.7 Å². The van der Waals surface area contributed by atoms with E-state index >= 15 is 0 Å². The van der Waals surface area contributed by atoms with Crippen LogP contribution in [0, 0.1) is 0 Å². The van der Waals surface area contributed by atoms with Gasteiger partial charge in [0.25, 0.3) is 5.91 Å². The number of likely N-dealkylation sites (tertiary alicyclic amines) is 1. The van der Waals surface area contributed by atoms with Crippen molar-refractivity contribution in [2.24, 2.45) is 0 Å². The minimum Gasteiger partial charge on any atom is -0.484 e. The first-order chi connectivity index (χ1) is 9.06. The van der Waals surface area contributed by atoms with E-state index in [-0.39, 0.29) is 18.6 Å². The second-order valence-electron chi connectivity index (χ2n) is 5.30. The third-order valence-electron chi connectivity index (χ3n) is 3.40. The molecule has 2 rings (SSSR count). The topological polar surface area (TPSA) is 49.8 Å². The van der Waals surface area contributed by atoms with Crippen molar-refractivity contribution in [3.63, 3.8) is 0 Å². The summed E-state index contributed by atoms with van der Waals surface area (Å²) in [7, 11) is 0. The van der Waals surface area contributed by atoms with Crippen LogP contribution in [-0.2, 0) is 4.79 Å². The summed E-state index contributed by atoms with van der Waals surface area (Å²) in [6.07, 6.45) is 0.280. The molecule has 0 bridgehead atoms. The summed E-state index contributed by atoms with van der Waals surface area (Å²) < 4.78 is 5.53. The third kappa shape index (κ3) is 3.70. The second kappa shape index (κ2) is 6.06. The Bertz CT molecular complexity index is 445. The van der Waals surface area contributed by atoms with Crippen LogP contribution in [0.15, 0.2) is 24.3 Å². The zero-order valence-electron chi connectivity index (χ0n) is 11.5. The Morgan fingerprint density at radius 1 is 1.53 bits per heavy atom. The van der Waals surface area contributed by atoms with Gasteiger partial charge in [0.05, 0.1) is 6.10 Å². The van der Waals surface area contributed by atoms with Gasteiger partial charge in [-0.05, 0) is 30.0 Å². The van der Waals surface area contributed by atoms with Crippen molar-refractivity contribution in [2.45, 2.75) is 32.3 Å². The maximum absolute atomic E-state index is 11.9. The standard InChI is InChI=1S/C15H21NO3/c1-11(2)12-4-3-5-14(8-12)19-10-15(18)16-7-6-13(17)9-16/h3-5,8,11,13,17H,6-7,9-10H2,1-2H3. The van der Waals surface area contributed by atoms with Gasteiger partial charge in [-0.1, -0.05) is 26.0 Å². The third-order valence-corrected chi connectivity index (χ3v) is 3.40. The van der Waals surface area contributed by atoms with Gasteiger partial charge in [-0.15, -0.1) is 0 Å². The average Bonchev–Trinajstić information content (AvgIpc) is 2.83. The van der Waals surface area contributed by atoms with Crippen LogP contribution in [0.4, 0.5) is 0 Å². The maximum atomic E-state index is 11.9. The van der Waals surface area contributed by atoms with Gasteiger partial charge in [0.15, 0.2) is 6.61 Å². The molecule has 0 aromatic heterocycles. The van der Waals surface area contributed by atoms with Gasteiger partial charge < -0.3 is 14.7 Å². The van der Waals surface area contributed by atoms with Crippen molar-refractivity contribution >= 4 is 5.91 Å². The molecule has 0 spiro atoms. The average molecular weight is 263 g/mol. The fourth-order valence-electron chi connectivity index (χ4n) is 2.17. The van der Waals surface area contributed by atoms with Crippen molar-refractivity contribution in [1.29, 1.82) is 0 Å². The van der Waals surface area contributed by atoms with Gasteiger partial charge in [-0.2, -0.15) is 0 Å². The molecule has 4 nitrogen and oxygen atoms in total. The number of carbonyl (C=O) groups excluding carboxylic acids is 1. The zero-order valence-corrected chi connectivity index (χ0v) is 11.5. The molecule has 0 radical (unpaired) electrons. The van der Waals surface area contributed by atoms with E-state index < -0.39 is 0 Å². The molecule has 1 aromatic rings. The SMILES string of the molecule is CC(C)c1cccc(OCC(=O)N2CCC(O)C2)c1. The van der Waals surface area contributed by atoms with E-state index in [1.54, 1.807) is 4.90 Å². The highest BCUT2D eigenvalue weighted by atomic mass is 16.5. The van der Waals surface area contributed by atoms with Crippen LogP contribution < -0.4 is 4.74 Å². The summed E-state index contributed by atoms with van der Waals surface area (Å²) >= 11 is 0. The summed E-state index contributed by atoms with van der Waals surface area (Å²) in [6, 6.07) is 7.82. The largest absolute Gasteiger partial charge is 0.484 e. The maximum Gasteiger partial charge on any atom is 0.260 e. The molecule has 1 heterocycles. The lowest BCUT2D eigenvalue weighted by molar-refractivity contribution is -0.132. The molecule has 19 heavy (non-hydrogen) atoms. The van der Waals surface area contributed by atoms with Crippen molar-refractivity contribution in [2.75, 3.05) is 19.7 Å². The summed E-state index contributed by atoms with van der Waals surface area (Å²) in [4.78, 5) is 13.5. The minimum atomic E-state index is -0.381. The van der Waals surface area contributed by atoms with E-state index in [2.05, 4.69) is 19.9 Å². The fourth-order valence-corrected chi connectivity index (χ4v) is 2.17. The first-order valence-electron chi connectivity index (χ1n) is 6.75. The molecule has 1 saturated heterocycles. The number of hydrogen-bond donors (Lipinski definition) is 1. The number of rotatable bonds is 4. The second-order valence-corrected chi connectivity index (χ2v) is 5.30. The van der Waals surface area contributed by atoms with Gasteiger partial charge in [0.1, 0.15) is 5.75 Å². The quantitative estimate of drug-likeness (QED) is 0.901. The Morgan fingerprint density at radius 3 is 2.95 bits per heavy atom. The van der Waals surface area contributed by atoms with Crippen LogP contribution in [0.2, 0.25) is 0 Å². The molecule has 1 aliphatic heterocycles. The lowest BCUT2D eigenvalue weighted by atomic mass is 10.0. The Kier molecular flexibility index (Phi) is 4.43. The first-order valence-corrected chi connectivity index (χ1v) is 6.75. The predicted molar refractivity (Wildman–Crippen MR) is 73.2 cm³/mol. The molecule has 1 amide bonds. The van der Waals surface area contributed by atoms with Gasteiger partial charge in [0, 0.05) is 13.1 Å². The van der Waals surface area contributed by atoms with E-state index in [9.17, 15) is 9.90 Å². The summed E-state index contributed by atoms with van der Waals surface area (Å²) in [5, 5.41) is 9.40. The number of β-amino-alcohol motifs (C(OH)–C–C–N with tert-alkyl or cyclic N) is 1. The Labute approximate surface area is 114 Å². The van der Waals surface area contributed by atoms with Crippen molar-refractivity contribution in [3.8, 4) is 5.75 Å². The number of amides is 1. The van der Waals surface area contributed by atoms with Crippen LogP contribution >= 0.6 is 0 Å². The van der Waals surface area contributed by atoms with Crippen LogP contribution in [0.1, 0.15) is 31.7 Å². The van der Waals surface area contributed by atoms with Gasteiger partial charge in [0.2, 0.25) is 0 Å². The van der Waals surface area contributed by atoms with E-state index in [4.69, 9.17) is 4.74 Å². The fraction of sp³-hybridized carbons (Fsp3) is 0.533. The Morgan fingerprint density at radius 2 is 2.32 bits per heavy atom. The number of carbonyl (C=O) groups is 1. The van der Waals surface area contributed by atoms with Gasteiger partial charge >= 0.3 is 0 Å². The molecule has 1 aliphatic rings. The highest BCUT2D eigenvalue weighted by Gasteiger charge is 2.24. The molecule has 0 aliphatic carbocycles. The highest BCUT2D eigenvalue weighted by molar-refractivity contribution is 5.78. The Hall–Kier alpha value is -1.55. The molecule has 1 aromatic carbocycles. The molecule has 0 saturated carbocycles. The van der Waals surface area contributed by atoms with Crippen LogP contribution in [0.3, 0.4) is 0 Å². The van der Waals surface area contributed by atoms with Crippen LogP contribution in [0.25, 0.3) is 0 Å². The van der Waals surface area contributed by atoms with E-state index in [0.29, 0.717) is 25.4 Å². The molecular weight excluding hydrogens is 242 g/mol. The van der Waals surface area contributed by atoms with Crippen molar-refractivity contribution in [3.05, 3.63) is 29.8 Å². The number of benzene rings is 1. The van der Waals surface area contributed by atoms with Gasteiger partial charge in [-0.3, -0.25) is 4.79 Å². The van der Waals surface area contributed by atoms with Gasteiger partial charge in [-0.25, -0.2) is 0 Å². The first kappa shape index (κ1) is 13.9. The monoisotopic (exact) mass is 263 g/mol. The molecule has 104 valence electrons. The highest BCUT2D eigenvalue weighted by Crippen LogP contribution is 2.20. The number of ether oxygens (including phenoxy) is 1. The minimum absolute atomic E-state index is 0.0360. The molecule has 1 atom stereocenters. The van der Waals surface area contributed by atoms with E-state index in [1.807, 2.05) is 18.2 Å². The number of nitrogens with zero attached hydrogens (tertiary/aromatic N) is 1. The van der Waals surface area contributed by atoms with Crippen molar-refractivity contribution in [1.82, 2.24) is 4.90 Å². The molecule has 1 unspecified atom stereocenters. The molecule has 1 N–H and O–H groups in total. The summed E-state index contributed by atoms with van der Waals surface area (Å²) in [5.74, 6) is 1.10. The molecule has 4 heteroatoms. The molecule has 1 fully saturated rings. The summed E-state index contributed by atoms with van der Waals surface area (Å²) in [6.45, 7) is 5.32. The summed E-state index contributed by atoms with van der Waals surface area (Å²) in [5.41, 5.74) is 1.20. The van der Waals surface area contributed by atoms with E-state index in [0.717, 1.165) is 5.75 Å². The van der Waals surface area contributed by atoms with Crippen LogP contribution in [0.5, 0.6) is 5.75 Å². The number of hydrogen-bond acceptors (Lipinski definition) is 3. The Balaban J connectivity index is 1.88.